The first kappa shape index (κ1) is 25.8. The number of carbonyl (C=O) groups excluding carboxylic acids is 1. The molecule has 0 saturated carbocycles. The zero-order valence-corrected chi connectivity index (χ0v) is 20.4. The lowest BCUT2D eigenvalue weighted by Crippen LogP contribution is -2.60. The largest absolute Gasteiger partial charge is 0.433 e. The van der Waals surface area contributed by atoms with Gasteiger partial charge in [0.25, 0.3) is 0 Å². The number of rotatable bonds is 11. The fourth-order valence-corrected chi connectivity index (χ4v) is 4.14. The lowest BCUT2D eigenvalue weighted by Gasteiger charge is -2.44. The molecule has 0 unspecified atom stereocenters. The van der Waals surface area contributed by atoms with Gasteiger partial charge in [0.2, 0.25) is 6.29 Å². The van der Waals surface area contributed by atoms with Gasteiger partial charge in [-0.15, -0.1) is 6.58 Å². The molecule has 0 spiro atoms. The van der Waals surface area contributed by atoms with Crippen LogP contribution < -0.4 is 0 Å². The molecular formula is C30H32O6. The molecule has 0 bridgehead atoms. The summed E-state index contributed by atoms with van der Waals surface area (Å²) in [5.74, 6) is -0.471. The Kier molecular flexibility index (Phi) is 9.41. The van der Waals surface area contributed by atoms with Crippen molar-refractivity contribution in [3.8, 4) is 0 Å². The van der Waals surface area contributed by atoms with Crippen molar-refractivity contribution in [1.82, 2.24) is 0 Å². The highest BCUT2D eigenvalue weighted by molar-refractivity contribution is 5.66. The van der Waals surface area contributed by atoms with Crippen LogP contribution in [0.2, 0.25) is 0 Å². The maximum atomic E-state index is 11.9. The molecule has 0 radical (unpaired) electrons. The van der Waals surface area contributed by atoms with E-state index in [2.05, 4.69) is 6.58 Å². The van der Waals surface area contributed by atoms with Gasteiger partial charge < -0.3 is 23.7 Å². The Balaban J connectivity index is 1.61. The van der Waals surface area contributed by atoms with Crippen LogP contribution in [0.1, 0.15) is 23.6 Å². The fraction of sp³-hybridized carbons (Fsp3) is 0.300. The summed E-state index contributed by atoms with van der Waals surface area (Å²) in [6.45, 7) is 6.26. The zero-order chi connectivity index (χ0) is 25.2. The van der Waals surface area contributed by atoms with E-state index in [4.69, 9.17) is 23.7 Å². The normalized spacial score (nSPS) is 23.6. The van der Waals surface area contributed by atoms with Gasteiger partial charge in [0.05, 0.1) is 19.8 Å². The summed E-state index contributed by atoms with van der Waals surface area (Å²) < 4.78 is 30.8. The Morgan fingerprint density at radius 1 is 0.722 bits per heavy atom. The predicted octanol–water partition coefficient (Wildman–Crippen LogP) is 5.22. The van der Waals surface area contributed by atoms with Crippen LogP contribution in [-0.2, 0) is 48.3 Å². The minimum Gasteiger partial charge on any atom is -0.433 e. The van der Waals surface area contributed by atoms with E-state index in [1.165, 1.54) is 6.92 Å². The molecule has 0 N–H and O–H groups in total. The highest BCUT2D eigenvalue weighted by Crippen LogP contribution is 2.31. The van der Waals surface area contributed by atoms with Gasteiger partial charge in [-0.3, -0.25) is 4.79 Å². The molecule has 4 rings (SSSR count). The number of benzene rings is 3. The Morgan fingerprint density at radius 2 is 1.14 bits per heavy atom. The molecule has 1 aliphatic rings. The first-order valence-electron chi connectivity index (χ1n) is 12.1. The number of hydrogen-bond donors (Lipinski definition) is 0. The molecule has 1 heterocycles. The molecule has 1 fully saturated rings. The van der Waals surface area contributed by atoms with E-state index in [0.717, 1.165) is 16.7 Å². The Bertz CT molecular complexity index is 1070. The van der Waals surface area contributed by atoms with Gasteiger partial charge >= 0.3 is 5.97 Å². The number of hydrogen-bond acceptors (Lipinski definition) is 6. The zero-order valence-electron chi connectivity index (χ0n) is 20.4. The number of esters is 1. The van der Waals surface area contributed by atoms with E-state index in [1.807, 2.05) is 91.0 Å². The van der Waals surface area contributed by atoms with Crippen LogP contribution in [0, 0.1) is 0 Å². The van der Waals surface area contributed by atoms with E-state index in [0.29, 0.717) is 19.8 Å². The fourth-order valence-electron chi connectivity index (χ4n) is 4.14. The molecule has 5 atom stereocenters. The van der Waals surface area contributed by atoms with Gasteiger partial charge in [-0.25, -0.2) is 0 Å². The van der Waals surface area contributed by atoms with E-state index < -0.39 is 36.7 Å². The van der Waals surface area contributed by atoms with Crippen molar-refractivity contribution in [3.05, 3.63) is 120 Å². The van der Waals surface area contributed by atoms with Crippen LogP contribution in [-0.4, -0.2) is 36.7 Å². The second kappa shape index (κ2) is 13.1. The summed E-state index contributed by atoms with van der Waals surface area (Å²) >= 11 is 0. The van der Waals surface area contributed by atoms with E-state index in [1.54, 1.807) is 6.08 Å². The SMILES string of the molecule is C=C[C@H]1O[C@H](OC(C)=O)[C@H](OCc2ccccc2)[C@@H](OCc2ccccc2)[C@H]1OCc1ccccc1. The molecular weight excluding hydrogens is 456 g/mol. The number of ether oxygens (including phenoxy) is 5. The van der Waals surface area contributed by atoms with E-state index >= 15 is 0 Å². The second-order valence-corrected chi connectivity index (χ2v) is 8.60. The average molecular weight is 489 g/mol. The van der Waals surface area contributed by atoms with Gasteiger partial charge in [0, 0.05) is 6.92 Å². The molecule has 3 aromatic rings. The van der Waals surface area contributed by atoms with Crippen LogP contribution in [0.3, 0.4) is 0 Å². The molecule has 0 aromatic heterocycles. The molecule has 36 heavy (non-hydrogen) atoms. The van der Waals surface area contributed by atoms with Gasteiger partial charge in [-0.05, 0) is 16.7 Å². The molecule has 1 saturated heterocycles. The summed E-state index contributed by atoms with van der Waals surface area (Å²) in [5.41, 5.74) is 3.01. The molecule has 6 heteroatoms. The van der Waals surface area contributed by atoms with Crippen molar-refractivity contribution >= 4 is 5.97 Å². The molecule has 188 valence electrons. The van der Waals surface area contributed by atoms with E-state index in [9.17, 15) is 4.79 Å². The minimum atomic E-state index is -0.980. The van der Waals surface area contributed by atoms with Crippen molar-refractivity contribution in [2.45, 2.75) is 57.5 Å². The van der Waals surface area contributed by atoms with Crippen LogP contribution in [0.15, 0.2) is 104 Å². The van der Waals surface area contributed by atoms with Gasteiger partial charge in [0.1, 0.15) is 24.4 Å². The van der Waals surface area contributed by atoms with Crippen LogP contribution in [0.25, 0.3) is 0 Å². The van der Waals surface area contributed by atoms with Crippen LogP contribution >= 0.6 is 0 Å². The second-order valence-electron chi connectivity index (χ2n) is 8.60. The third kappa shape index (κ3) is 7.12. The summed E-state index contributed by atoms with van der Waals surface area (Å²) in [5, 5.41) is 0. The summed E-state index contributed by atoms with van der Waals surface area (Å²) in [6.07, 6.45) is -1.77. The lowest BCUT2D eigenvalue weighted by atomic mass is 9.97. The van der Waals surface area contributed by atoms with Crippen molar-refractivity contribution < 1.29 is 28.5 Å². The van der Waals surface area contributed by atoms with Crippen molar-refractivity contribution in [3.63, 3.8) is 0 Å². The predicted molar refractivity (Wildman–Crippen MR) is 136 cm³/mol. The van der Waals surface area contributed by atoms with Crippen molar-refractivity contribution in [1.29, 1.82) is 0 Å². The topological polar surface area (TPSA) is 63.2 Å². The smallest absolute Gasteiger partial charge is 0.305 e. The maximum Gasteiger partial charge on any atom is 0.305 e. The number of carbonyl (C=O) groups is 1. The van der Waals surface area contributed by atoms with Crippen LogP contribution in [0.4, 0.5) is 0 Å². The third-order valence-corrected chi connectivity index (χ3v) is 5.90. The Labute approximate surface area is 212 Å². The quantitative estimate of drug-likeness (QED) is 0.273. The summed E-state index contributed by atoms with van der Waals surface area (Å²) in [4.78, 5) is 11.9. The standard InChI is InChI=1S/C30H32O6/c1-3-26-27(32-19-23-13-7-4-8-14-23)28(33-20-24-15-9-5-10-16-24)29(30(36-26)35-22(2)31)34-21-25-17-11-6-12-18-25/h3-18,26-30H,1,19-21H2,2H3/t26-,27+,28+,29-,30+/m1/s1. The molecule has 0 aliphatic carbocycles. The third-order valence-electron chi connectivity index (χ3n) is 5.90. The highest BCUT2D eigenvalue weighted by atomic mass is 16.7. The van der Waals surface area contributed by atoms with Crippen molar-refractivity contribution in [2.75, 3.05) is 0 Å². The van der Waals surface area contributed by atoms with Gasteiger partial charge in [0.15, 0.2) is 0 Å². The Hall–Kier alpha value is -3.29. The van der Waals surface area contributed by atoms with E-state index in [-0.39, 0.29) is 0 Å². The maximum absolute atomic E-state index is 11.9. The monoisotopic (exact) mass is 488 g/mol. The summed E-state index contributed by atoms with van der Waals surface area (Å²) in [6, 6.07) is 29.5. The molecule has 3 aromatic carbocycles. The van der Waals surface area contributed by atoms with Gasteiger partial charge in [-0.1, -0.05) is 97.1 Å². The first-order valence-corrected chi connectivity index (χ1v) is 12.1. The van der Waals surface area contributed by atoms with Crippen LogP contribution in [0.5, 0.6) is 0 Å². The van der Waals surface area contributed by atoms with Crippen molar-refractivity contribution in [2.24, 2.45) is 0 Å². The Morgan fingerprint density at radius 3 is 1.56 bits per heavy atom. The molecule has 6 nitrogen and oxygen atoms in total. The average Bonchev–Trinajstić information content (AvgIpc) is 2.91. The van der Waals surface area contributed by atoms with Gasteiger partial charge in [-0.2, -0.15) is 0 Å². The first-order chi connectivity index (χ1) is 17.6. The summed E-state index contributed by atoms with van der Waals surface area (Å²) in [7, 11) is 0. The lowest BCUT2D eigenvalue weighted by molar-refractivity contribution is -0.306. The molecule has 1 aliphatic heterocycles. The molecule has 0 amide bonds. The minimum absolute atomic E-state index is 0.294. The highest BCUT2D eigenvalue weighted by Gasteiger charge is 2.49.